The molecule has 1 saturated carbocycles. The first-order valence-corrected chi connectivity index (χ1v) is 7.29. The van der Waals surface area contributed by atoms with E-state index in [0.29, 0.717) is 6.04 Å². The molecule has 1 fully saturated rings. The predicted molar refractivity (Wildman–Crippen MR) is 79.1 cm³/mol. The topological polar surface area (TPSA) is 53.6 Å². The number of rotatable bonds is 6. The van der Waals surface area contributed by atoms with Crippen molar-refractivity contribution in [3.05, 3.63) is 30.6 Å². The van der Waals surface area contributed by atoms with Crippen molar-refractivity contribution in [2.24, 2.45) is 0 Å². The number of fused-ring (bicyclic) bond motifs is 1. The standard InChI is InChI=1S/C16H20N4/c1-16(11-17,19-13-7-8-13)9-4-10-20-12-18-14-5-2-3-6-15(14)20/h2-3,5-6,12-13,19H,4,7-10H2,1H3. The van der Waals surface area contributed by atoms with E-state index in [2.05, 4.69) is 27.0 Å². The number of nitrogens with one attached hydrogen (secondary N) is 1. The van der Waals surface area contributed by atoms with E-state index in [1.807, 2.05) is 31.5 Å². The number of imidazole rings is 1. The second-order valence-electron chi connectivity index (χ2n) is 5.89. The minimum Gasteiger partial charge on any atom is -0.331 e. The van der Waals surface area contributed by atoms with E-state index in [0.717, 1.165) is 24.9 Å². The van der Waals surface area contributed by atoms with Gasteiger partial charge in [-0.15, -0.1) is 0 Å². The molecule has 1 aliphatic rings. The SMILES string of the molecule is CC(C#N)(CCCn1cnc2ccccc21)NC1CC1. The molecule has 1 aliphatic carbocycles. The number of aryl methyl sites for hydroxylation is 1. The van der Waals surface area contributed by atoms with Gasteiger partial charge in [0.25, 0.3) is 0 Å². The highest BCUT2D eigenvalue weighted by atomic mass is 15.1. The summed E-state index contributed by atoms with van der Waals surface area (Å²) in [4.78, 5) is 4.39. The molecule has 20 heavy (non-hydrogen) atoms. The zero-order chi connectivity index (χ0) is 14.0. The maximum absolute atomic E-state index is 9.36. The Balaban J connectivity index is 1.60. The van der Waals surface area contributed by atoms with Crippen molar-refractivity contribution in [2.45, 2.75) is 50.7 Å². The van der Waals surface area contributed by atoms with Crippen molar-refractivity contribution in [1.82, 2.24) is 14.9 Å². The van der Waals surface area contributed by atoms with Crippen molar-refractivity contribution in [3.8, 4) is 6.07 Å². The van der Waals surface area contributed by atoms with Gasteiger partial charge in [-0.2, -0.15) is 5.26 Å². The van der Waals surface area contributed by atoms with E-state index in [4.69, 9.17) is 0 Å². The Hall–Kier alpha value is -1.86. The van der Waals surface area contributed by atoms with Gasteiger partial charge in [-0.25, -0.2) is 4.98 Å². The van der Waals surface area contributed by atoms with E-state index < -0.39 is 5.54 Å². The van der Waals surface area contributed by atoms with Gasteiger partial charge in [0.1, 0.15) is 5.54 Å². The van der Waals surface area contributed by atoms with Gasteiger partial charge in [-0.05, 0) is 44.7 Å². The second kappa shape index (κ2) is 5.26. The third-order valence-corrected chi connectivity index (χ3v) is 3.95. The Morgan fingerprint density at radius 1 is 1.45 bits per heavy atom. The van der Waals surface area contributed by atoms with Gasteiger partial charge in [0, 0.05) is 12.6 Å². The molecular weight excluding hydrogens is 248 g/mol. The first-order chi connectivity index (χ1) is 9.70. The first-order valence-electron chi connectivity index (χ1n) is 7.29. The molecule has 0 saturated heterocycles. The molecule has 3 rings (SSSR count). The van der Waals surface area contributed by atoms with Crippen LogP contribution in [0.25, 0.3) is 11.0 Å². The Bertz CT molecular complexity index is 635. The maximum Gasteiger partial charge on any atom is 0.104 e. The number of hydrogen-bond donors (Lipinski definition) is 1. The number of aromatic nitrogens is 2. The Morgan fingerprint density at radius 2 is 2.25 bits per heavy atom. The highest BCUT2D eigenvalue weighted by Gasteiger charge is 2.31. The van der Waals surface area contributed by atoms with Crippen molar-refractivity contribution >= 4 is 11.0 Å². The van der Waals surface area contributed by atoms with Crippen LogP contribution in [0.5, 0.6) is 0 Å². The first kappa shape index (κ1) is 13.1. The normalized spacial score (nSPS) is 17.8. The minimum atomic E-state index is -0.391. The number of para-hydroxylation sites is 2. The Morgan fingerprint density at radius 3 is 3.00 bits per heavy atom. The second-order valence-corrected chi connectivity index (χ2v) is 5.89. The molecule has 1 heterocycles. The largest absolute Gasteiger partial charge is 0.331 e. The van der Waals surface area contributed by atoms with Crippen LogP contribution >= 0.6 is 0 Å². The fourth-order valence-corrected chi connectivity index (χ4v) is 2.63. The lowest BCUT2D eigenvalue weighted by atomic mass is 9.97. The molecule has 2 aromatic rings. The van der Waals surface area contributed by atoms with Crippen LogP contribution in [-0.2, 0) is 6.54 Å². The van der Waals surface area contributed by atoms with Crippen LogP contribution in [0.3, 0.4) is 0 Å². The van der Waals surface area contributed by atoms with Crippen LogP contribution in [0.2, 0.25) is 0 Å². The molecule has 0 radical (unpaired) electrons. The zero-order valence-corrected chi connectivity index (χ0v) is 11.8. The molecule has 4 heteroatoms. The van der Waals surface area contributed by atoms with Crippen LogP contribution < -0.4 is 5.32 Å². The summed E-state index contributed by atoms with van der Waals surface area (Å²) in [6.45, 7) is 2.92. The maximum atomic E-state index is 9.36. The van der Waals surface area contributed by atoms with E-state index in [1.165, 1.54) is 18.4 Å². The lowest BCUT2D eigenvalue weighted by Gasteiger charge is -2.23. The van der Waals surface area contributed by atoms with Crippen molar-refractivity contribution in [1.29, 1.82) is 5.26 Å². The molecule has 1 atom stereocenters. The third kappa shape index (κ3) is 2.83. The molecule has 0 aliphatic heterocycles. The number of nitrogens with zero attached hydrogens (tertiary/aromatic N) is 3. The van der Waals surface area contributed by atoms with Crippen molar-refractivity contribution < 1.29 is 0 Å². The summed E-state index contributed by atoms with van der Waals surface area (Å²) in [5.41, 5.74) is 1.81. The summed E-state index contributed by atoms with van der Waals surface area (Å²) in [6, 6.07) is 11.2. The van der Waals surface area contributed by atoms with Gasteiger partial charge in [0.05, 0.1) is 23.4 Å². The molecule has 1 aromatic carbocycles. The summed E-state index contributed by atoms with van der Waals surface area (Å²) < 4.78 is 2.17. The quantitative estimate of drug-likeness (QED) is 0.876. The number of benzene rings is 1. The molecule has 0 amide bonds. The van der Waals surface area contributed by atoms with Crippen LogP contribution in [0.4, 0.5) is 0 Å². The van der Waals surface area contributed by atoms with Crippen molar-refractivity contribution in [2.75, 3.05) is 0 Å². The van der Waals surface area contributed by atoms with E-state index in [9.17, 15) is 5.26 Å². The highest BCUT2D eigenvalue weighted by molar-refractivity contribution is 5.74. The minimum absolute atomic E-state index is 0.391. The molecule has 0 bridgehead atoms. The summed E-state index contributed by atoms with van der Waals surface area (Å²) in [7, 11) is 0. The zero-order valence-electron chi connectivity index (χ0n) is 11.8. The lowest BCUT2D eigenvalue weighted by Crippen LogP contribution is -2.42. The van der Waals surface area contributed by atoms with Gasteiger partial charge in [-0.1, -0.05) is 12.1 Å². The molecular formula is C16H20N4. The van der Waals surface area contributed by atoms with Crippen LogP contribution in [-0.4, -0.2) is 21.1 Å². The van der Waals surface area contributed by atoms with Gasteiger partial charge in [-0.3, -0.25) is 5.32 Å². The fourth-order valence-electron chi connectivity index (χ4n) is 2.63. The van der Waals surface area contributed by atoms with Crippen molar-refractivity contribution in [3.63, 3.8) is 0 Å². The molecule has 1 aromatic heterocycles. The summed E-state index contributed by atoms with van der Waals surface area (Å²) in [5, 5.41) is 12.8. The van der Waals surface area contributed by atoms with Gasteiger partial charge >= 0.3 is 0 Å². The van der Waals surface area contributed by atoms with Crippen LogP contribution in [0.1, 0.15) is 32.6 Å². The monoisotopic (exact) mass is 268 g/mol. The lowest BCUT2D eigenvalue weighted by molar-refractivity contribution is 0.392. The summed E-state index contributed by atoms with van der Waals surface area (Å²) in [5.74, 6) is 0. The van der Waals surface area contributed by atoms with Gasteiger partial charge in [0.15, 0.2) is 0 Å². The fraction of sp³-hybridized carbons (Fsp3) is 0.500. The Kier molecular flexibility index (Phi) is 3.45. The van der Waals surface area contributed by atoms with E-state index >= 15 is 0 Å². The Labute approximate surface area is 119 Å². The summed E-state index contributed by atoms with van der Waals surface area (Å²) in [6.07, 6.45) is 6.16. The summed E-state index contributed by atoms with van der Waals surface area (Å²) >= 11 is 0. The van der Waals surface area contributed by atoms with E-state index in [-0.39, 0.29) is 0 Å². The van der Waals surface area contributed by atoms with Crippen LogP contribution in [0, 0.1) is 11.3 Å². The molecule has 1 N–H and O–H groups in total. The van der Waals surface area contributed by atoms with Gasteiger partial charge < -0.3 is 4.57 Å². The number of hydrogen-bond acceptors (Lipinski definition) is 3. The number of nitriles is 1. The average molecular weight is 268 g/mol. The predicted octanol–water partition coefficient (Wildman–Crippen LogP) is 2.85. The van der Waals surface area contributed by atoms with E-state index in [1.54, 1.807) is 0 Å². The molecule has 0 spiro atoms. The molecule has 4 nitrogen and oxygen atoms in total. The average Bonchev–Trinajstić information content (AvgIpc) is 3.17. The smallest absolute Gasteiger partial charge is 0.104 e. The third-order valence-electron chi connectivity index (χ3n) is 3.95. The molecule has 1 unspecified atom stereocenters. The molecule has 104 valence electrons. The van der Waals surface area contributed by atoms with Crippen LogP contribution in [0.15, 0.2) is 30.6 Å². The van der Waals surface area contributed by atoms with Gasteiger partial charge in [0.2, 0.25) is 0 Å². The highest BCUT2D eigenvalue weighted by Crippen LogP contribution is 2.24.